The first-order valence-electron chi connectivity index (χ1n) is 10.7. The predicted molar refractivity (Wildman–Crippen MR) is 130 cm³/mol. The van der Waals surface area contributed by atoms with Crippen molar-refractivity contribution in [2.24, 2.45) is 12.0 Å². The van der Waals surface area contributed by atoms with E-state index < -0.39 is 0 Å². The number of hydrogen-bond donors (Lipinski definition) is 2. The Morgan fingerprint density at radius 2 is 1.93 bits per heavy atom. The Hall–Kier alpha value is -1.24. The van der Waals surface area contributed by atoms with E-state index in [9.17, 15) is 0 Å². The highest BCUT2D eigenvalue weighted by atomic mass is 127. The number of nitrogens with one attached hydrogen (secondary N) is 2. The Morgan fingerprint density at radius 1 is 1.20 bits per heavy atom. The topological polar surface area (TPSA) is 82.8 Å². The van der Waals surface area contributed by atoms with Crippen molar-refractivity contribution in [2.75, 3.05) is 59.0 Å². The average Bonchev–Trinajstić information content (AvgIpc) is 3.06. The lowest BCUT2D eigenvalue weighted by molar-refractivity contribution is 0.0389. The molecule has 170 valence electrons. The molecule has 0 bridgehead atoms. The predicted octanol–water partition coefficient (Wildman–Crippen LogP) is 0.759. The van der Waals surface area contributed by atoms with E-state index in [0.29, 0.717) is 12.6 Å². The molecule has 2 N–H and O–H groups in total. The zero-order chi connectivity index (χ0) is 20.5. The molecule has 0 spiro atoms. The third kappa shape index (κ3) is 7.78. The molecule has 2 aliphatic heterocycles. The van der Waals surface area contributed by atoms with E-state index in [1.165, 1.54) is 0 Å². The van der Waals surface area contributed by atoms with Gasteiger partial charge < -0.3 is 19.9 Å². The van der Waals surface area contributed by atoms with Gasteiger partial charge in [0.15, 0.2) is 11.8 Å². The lowest BCUT2D eigenvalue weighted by Gasteiger charge is -2.32. The molecule has 0 radical (unpaired) electrons. The molecule has 3 rings (SSSR count). The van der Waals surface area contributed by atoms with E-state index >= 15 is 0 Å². The van der Waals surface area contributed by atoms with E-state index in [1.54, 1.807) is 0 Å². The number of halogens is 1. The second kappa shape index (κ2) is 13.2. The molecule has 2 aliphatic rings. The lowest BCUT2D eigenvalue weighted by Crippen LogP contribution is -2.50. The fourth-order valence-corrected chi connectivity index (χ4v) is 3.68. The maximum absolute atomic E-state index is 5.43. The molecule has 0 aliphatic carbocycles. The smallest absolute Gasteiger partial charge is 0.191 e. The molecule has 1 aromatic rings. The van der Waals surface area contributed by atoms with Crippen molar-refractivity contribution in [3.05, 3.63) is 24.3 Å². The van der Waals surface area contributed by atoms with Crippen molar-refractivity contribution in [1.29, 1.82) is 0 Å². The van der Waals surface area contributed by atoms with E-state index in [1.807, 2.05) is 24.6 Å². The van der Waals surface area contributed by atoms with Crippen LogP contribution in [0.2, 0.25) is 0 Å². The molecule has 10 heteroatoms. The number of aromatic nitrogens is 3. The highest BCUT2D eigenvalue weighted by Crippen LogP contribution is 2.10. The summed E-state index contributed by atoms with van der Waals surface area (Å²) >= 11 is 0. The van der Waals surface area contributed by atoms with Crippen LogP contribution in [-0.4, -0.2) is 95.6 Å². The van der Waals surface area contributed by atoms with Gasteiger partial charge in [0.25, 0.3) is 0 Å². The number of aliphatic imine (C=N–C) groups is 1. The van der Waals surface area contributed by atoms with E-state index in [0.717, 1.165) is 89.5 Å². The van der Waals surface area contributed by atoms with Crippen molar-refractivity contribution in [3.8, 4) is 0 Å². The summed E-state index contributed by atoms with van der Waals surface area (Å²) in [5, 5.41) is 15.5. The highest BCUT2D eigenvalue weighted by molar-refractivity contribution is 14.0. The molecule has 0 amide bonds. The van der Waals surface area contributed by atoms with Crippen molar-refractivity contribution in [2.45, 2.75) is 32.4 Å². The number of aryl methyl sites for hydroxylation is 1. The van der Waals surface area contributed by atoms with Crippen LogP contribution in [0.1, 0.15) is 24.5 Å². The molecule has 9 nitrogen and oxygen atoms in total. The highest BCUT2D eigenvalue weighted by Gasteiger charge is 2.19. The molecule has 0 saturated carbocycles. The summed E-state index contributed by atoms with van der Waals surface area (Å²) < 4.78 is 7.42. The molecule has 0 unspecified atom stereocenters. The van der Waals surface area contributed by atoms with Crippen LogP contribution in [-0.2, 0) is 18.3 Å². The fraction of sp³-hybridized carbons (Fsp3) is 0.750. The van der Waals surface area contributed by atoms with E-state index in [4.69, 9.17) is 9.73 Å². The van der Waals surface area contributed by atoms with Gasteiger partial charge in [-0.15, -0.1) is 40.8 Å². The molecule has 0 aromatic carbocycles. The number of hydrogen-bond acceptors (Lipinski definition) is 6. The molecule has 1 aromatic heterocycles. The van der Waals surface area contributed by atoms with Gasteiger partial charge in [0.05, 0.1) is 13.2 Å². The summed E-state index contributed by atoms with van der Waals surface area (Å²) in [5.74, 6) is 2.64. The largest absolute Gasteiger partial charge is 0.379 e. The summed E-state index contributed by atoms with van der Waals surface area (Å²) in [6, 6.07) is 0.437. The molecular formula is C20H37IN8O. The molecular weight excluding hydrogens is 495 g/mol. The average molecular weight is 532 g/mol. The van der Waals surface area contributed by atoms with Crippen LogP contribution >= 0.6 is 24.0 Å². The molecule has 30 heavy (non-hydrogen) atoms. The zero-order valence-electron chi connectivity index (χ0n) is 18.3. The third-order valence-corrected chi connectivity index (χ3v) is 5.70. The summed E-state index contributed by atoms with van der Waals surface area (Å²) in [6.45, 7) is 15.0. The first-order valence-corrected chi connectivity index (χ1v) is 10.7. The number of likely N-dealkylation sites (tertiary alicyclic amines) is 1. The Bertz CT molecular complexity index is 666. The van der Waals surface area contributed by atoms with E-state index in [2.05, 4.69) is 37.2 Å². The second-order valence-electron chi connectivity index (χ2n) is 7.78. The zero-order valence-corrected chi connectivity index (χ0v) is 20.7. The van der Waals surface area contributed by atoms with Gasteiger partial charge in [-0.3, -0.25) is 9.80 Å². The molecule has 2 fully saturated rings. The number of guanidine groups is 1. The summed E-state index contributed by atoms with van der Waals surface area (Å²) in [5.41, 5.74) is 0. The summed E-state index contributed by atoms with van der Waals surface area (Å²) in [4.78, 5) is 9.66. The van der Waals surface area contributed by atoms with Gasteiger partial charge in [-0.25, -0.2) is 4.99 Å². The summed E-state index contributed by atoms with van der Waals surface area (Å²) in [7, 11) is 1.98. The number of nitrogens with zero attached hydrogens (tertiary/aromatic N) is 6. The van der Waals surface area contributed by atoms with Crippen LogP contribution in [0.5, 0.6) is 0 Å². The maximum Gasteiger partial charge on any atom is 0.191 e. The number of morpholine rings is 1. The van der Waals surface area contributed by atoms with Crippen LogP contribution < -0.4 is 10.6 Å². The lowest BCUT2D eigenvalue weighted by atomic mass is 10.1. The quantitative estimate of drug-likeness (QED) is 0.222. The van der Waals surface area contributed by atoms with Gasteiger partial charge in [0.2, 0.25) is 0 Å². The van der Waals surface area contributed by atoms with Gasteiger partial charge in [0, 0.05) is 58.9 Å². The first-order chi connectivity index (χ1) is 14.2. The van der Waals surface area contributed by atoms with Crippen molar-refractivity contribution < 1.29 is 4.74 Å². The van der Waals surface area contributed by atoms with Gasteiger partial charge in [0.1, 0.15) is 12.4 Å². The first kappa shape index (κ1) is 25.0. The van der Waals surface area contributed by atoms with Gasteiger partial charge in [-0.1, -0.05) is 6.08 Å². The van der Waals surface area contributed by atoms with Crippen LogP contribution in [0, 0.1) is 6.92 Å². The van der Waals surface area contributed by atoms with Crippen LogP contribution in [0.15, 0.2) is 17.6 Å². The summed E-state index contributed by atoms with van der Waals surface area (Å²) in [6.07, 6.45) is 4.21. The molecule has 2 saturated heterocycles. The molecule has 0 atom stereocenters. The Labute approximate surface area is 197 Å². The minimum atomic E-state index is 0. The fourth-order valence-electron chi connectivity index (χ4n) is 3.68. The van der Waals surface area contributed by atoms with Gasteiger partial charge >= 0.3 is 0 Å². The number of rotatable bonds is 8. The van der Waals surface area contributed by atoms with Crippen molar-refractivity contribution in [3.63, 3.8) is 0 Å². The number of piperidine rings is 1. The monoisotopic (exact) mass is 532 g/mol. The standard InChI is InChI=1S/C20H36N8O.HI/c1-4-8-27-9-5-18(6-10-27)23-20(21-7-11-28-12-14-29-15-13-28)22-16-19-25-24-17(2)26(19)3;/h4,18H,1,5-16H2,2-3H3,(H2,21,22,23);1H. The minimum Gasteiger partial charge on any atom is -0.379 e. The normalized spacial score (nSPS) is 19.3. The van der Waals surface area contributed by atoms with E-state index in [-0.39, 0.29) is 24.0 Å². The maximum atomic E-state index is 5.43. The SMILES string of the molecule is C=CCN1CCC(NC(=NCc2nnc(C)n2C)NCCN2CCOCC2)CC1.I. The number of ether oxygens (including phenoxy) is 1. The minimum absolute atomic E-state index is 0. The third-order valence-electron chi connectivity index (χ3n) is 5.70. The Balaban J connectivity index is 0.00000320. The van der Waals surface area contributed by atoms with Gasteiger partial charge in [-0.2, -0.15) is 0 Å². The molecule has 3 heterocycles. The van der Waals surface area contributed by atoms with Gasteiger partial charge in [-0.05, 0) is 19.8 Å². The second-order valence-corrected chi connectivity index (χ2v) is 7.78. The van der Waals surface area contributed by atoms with Crippen molar-refractivity contribution >= 4 is 29.9 Å². The van der Waals surface area contributed by atoms with Crippen LogP contribution in [0.4, 0.5) is 0 Å². The Morgan fingerprint density at radius 3 is 2.57 bits per heavy atom. The van der Waals surface area contributed by atoms with Crippen molar-refractivity contribution in [1.82, 2.24) is 35.2 Å². The van der Waals surface area contributed by atoms with Crippen LogP contribution in [0.25, 0.3) is 0 Å². The Kier molecular flexibility index (Phi) is 11.0. The van der Waals surface area contributed by atoms with Crippen LogP contribution in [0.3, 0.4) is 0 Å².